The highest BCUT2D eigenvalue weighted by Crippen LogP contribution is 2.16. The molecular weight excluding hydrogens is 144 g/mol. The summed E-state index contributed by atoms with van der Waals surface area (Å²) in [5, 5.41) is 0. The minimum Gasteiger partial charge on any atom is -0.469 e. The summed E-state index contributed by atoms with van der Waals surface area (Å²) in [5.41, 5.74) is 0. The summed E-state index contributed by atoms with van der Waals surface area (Å²) in [5.74, 6) is -0.138. The zero-order valence-corrected chi connectivity index (χ0v) is 6.84. The molecule has 0 aromatic heterocycles. The zero-order valence-electron chi connectivity index (χ0n) is 6.84. The van der Waals surface area contributed by atoms with Gasteiger partial charge in [0.1, 0.15) is 0 Å². The Morgan fingerprint density at radius 1 is 1.73 bits per heavy atom. The largest absolute Gasteiger partial charge is 0.469 e. The Bertz CT molecular complexity index is 127. The van der Waals surface area contributed by atoms with Gasteiger partial charge in [-0.3, -0.25) is 4.79 Å². The summed E-state index contributed by atoms with van der Waals surface area (Å²) >= 11 is 0. The SMILES string of the molecule is COC(=O)CC[C@H]1CCCO1. The lowest BCUT2D eigenvalue weighted by Crippen LogP contribution is -2.09. The molecule has 1 heterocycles. The molecule has 0 N–H and O–H groups in total. The van der Waals surface area contributed by atoms with Crippen LogP contribution in [0.1, 0.15) is 25.7 Å². The zero-order chi connectivity index (χ0) is 8.10. The molecule has 0 bridgehead atoms. The normalized spacial score (nSPS) is 23.5. The van der Waals surface area contributed by atoms with E-state index in [0.717, 1.165) is 25.9 Å². The Hall–Kier alpha value is -0.570. The number of carbonyl (C=O) groups excluding carboxylic acids is 1. The van der Waals surface area contributed by atoms with E-state index < -0.39 is 0 Å². The third-order valence-electron chi connectivity index (χ3n) is 1.92. The second-order valence-electron chi connectivity index (χ2n) is 2.75. The first-order valence-electron chi connectivity index (χ1n) is 4.01. The third kappa shape index (κ3) is 2.89. The van der Waals surface area contributed by atoms with Gasteiger partial charge in [0.2, 0.25) is 0 Å². The summed E-state index contributed by atoms with van der Waals surface area (Å²) in [6.07, 6.45) is 3.82. The van der Waals surface area contributed by atoms with Gasteiger partial charge in [-0.05, 0) is 19.3 Å². The predicted octanol–water partition coefficient (Wildman–Crippen LogP) is 1.12. The van der Waals surface area contributed by atoms with E-state index in [-0.39, 0.29) is 5.97 Å². The number of ether oxygens (including phenoxy) is 2. The second kappa shape index (κ2) is 4.34. The van der Waals surface area contributed by atoms with Crippen molar-refractivity contribution in [2.75, 3.05) is 13.7 Å². The van der Waals surface area contributed by atoms with Crippen molar-refractivity contribution in [3.63, 3.8) is 0 Å². The van der Waals surface area contributed by atoms with Crippen molar-refractivity contribution in [2.24, 2.45) is 0 Å². The standard InChI is InChI=1S/C8H14O3/c1-10-8(9)5-4-7-3-2-6-11-7/h7H,2-6H2,1H3/t7-/m1/s1. The fourth-order valence-corrected chi connectivity index (χ4v) is 1.25. The highest BCUT2D eigenvalue weighted by atomic mass is 16.5. The van der Waals surface area contributed by atoms with Crippen LogP contribution in [-0.2, 0) is 14.3 Å². The summed E-state index contributed by atoms with van der Waals surface area (Å²) in [6.45, 7) is 0.853. The molecule has 1 atom stereocenters. The van der Waals surface area contributed by atoms with E-state index >= 15 is 0 Å². The van der Waals surface area contributed by atoms with Gasteiger partial charge in [-0.2, -0.15) is 0 Å². The molecule has 0 aromatic rings. The van der Waals surface area contributed by atoms with E-state index in [1.54, 1.807) is 0 Å². The van der Waals surface area contributed by atoms with Crippen LogP contribution in [0, 0.1) is 0 Å². The van der Waals surface area contributed by atoms with Gasteiger partial charge in [0, 0.05) is 13.0 Å². The number of carbonyl (C=O) groups is 1. The van der Waals surface area contributed by atoms with Crippen LogP contribution in [0.5, 0.6) is 0 Å². The number of rotatable bonds is 3. The van der Waals surface area contributed by atoms with E-state index in [4.69, 9.17) is 4.74 Å². The fourth-order valence-electron chi connectivity index (χ4n) is 1.25. The number of methoxy groups -OCH3 is 1. The van der Waals surface area contributed by atoms with Crippen LogP contribution in [0.4, 0.5) is 0 Å². The molecular formula is C8H14O3. The molecule has 0 amide bonds. The maximum absolute atomic E-state index is 10.7. The Kier molecular flexibility index (Phi) is 3.36. The monoisotopic (exact) mass is 158 g/mol. The molecule has 0 aliphatic carbocycles. The number of hydrogen-bond donors (Lipinski definition) is 0. The molecule has 3 heteroatoms. The van der Waals surface area contributed by atoms with Gasteiger partial charge in [0.15, 0.2) is 0 Å². The van der Waals surface area contributed by atoms with E-state index in [1.165, 1.54) is 7.11 Å². The molecule has 1 fully saturated rings. The van der Waals surface area contributed by atoms with Crippen LogP contribution in [-0.4, -0.2) is 25.8 Å². The van der Waals surface area contributed by atoms with E-state index in [2.05, 4.69) is 4.74 Å². The smallest absolute Gasteiger partial charge is 0.305 e. The molecule has 3 nitrogen and oxygen atoms in total. The molecule has 1 aliphatic rings. The van der Waals surface area contributed by atoms with Crippen molar-refractivity contribution in [1.82, 2.24) is 0 Å². The van der Waals surface area contributed by atoms with Crippen LogP contribution in [0.2, 0.25) is 0 Å². The summed E-state index contributed by atoms with van der Waals surface area (Å²) in [6, 6.07) is 0. The molecule has 0 aromatic carbocycles. The summed E-state index contributed by atoms with van der Waals surface area (Å²) in [7, 11) is 1.41. The number of hydrogen-bond acceptors (Lipinski definition) is 3. The van der Waals surface area contributed by atoms with Crippen molar-refractivity contribution in [3.05, 3.63) is 0 Å². The van der Waals surface area contributed by atoms with Gasteiger partial charge in [0.25, 0.3) is 0 Å². The molecule has 0 unspecified atom stereocenters. The molecule has 0 saturated carbocycles. The molecule has 1 aliphatic heterocycles. The molecule has 1 saturated heterocycles. The first-order chi connectivity index (χ1) is 5.33. The van der Waals surface area contributed by atoms with Gasteiger partial charge in [-0.1, -0.05) is 0 Å². The summed E-state index contributed by atoms with van der Waals surface area (Å²) < 4.78 is 9.86. The van der Waals surface area contributed by atoms with E-state index in [1.807, 2.05) is 0 Å². The first-order valence-corrected chi connectivity index (χ1v) is 4.01. The highest BCUT2D eigenvalue weighted by Gasteiger charge is 2.16. The van der Waals surface area contributed by atoms with Crippen molar-refractivity contribution in [2.45, 2.75) is 31.8 Å². The summed E-state index contributed by atoms with van der Waals surface area (Å²) in [4.78, 5) is 10.7. The lowest BCUT2D eigenvalue weighted by Gasteiger charge is -2.06. The average molecular weight is 158 g/mol. The van der Waals surface area contributed by atoms with Crippen LogP contribution in [0.15, 0.2) is 0 Å². The topological polar surface area (TPSA) is 35.5 Å². The van der Waals surface area contributed by atoms with Crippen molar-refractivity contribution in [3.8, 4) is 0 Å². The van der Waals surface area contributed by atoms with Gasteiger partial charge >= 0.3 is 5.97 Å². The first kappa shape index (κ1) is 8.53. The quantitative estimate of drug-likeness (QED) is 0.577. The van der Waals surface area contributed by atoms with Gasteiger partial charge in [-0.25, -0.2) is 0 Å². The van der Waals surface area contributed by atoms with Gasteiger partial charge in [0.05, 0.1) is 13.2 Å². The minimum atomic E-state index is -0.138. The minimum absolute atomic E-state index is 0.138. The molecule has 0 spiro atoms. The Labute approximate surface area is 66.7 Å². The van der Waals surface area contributed by atoms with Crippen molar-refractivity contribution >= 4 is 5.97 Å². The maximum atomic E-state index is 10.7. The lowest BCUT2D eigenvalue weighted by atomic mass is 10.1. The van der Waals surface area contributed by atoms with Crippen LogP contribution < -0.4 is 0 Å². The number of esters is 1. The lowest BCUT2D eigenvalue weighted by molar-refractivity contribution is -0.141. The molecule has 1 rings (SSSR count). The van der Waals surface area contributed by atoms with Crippen molar-refractivity contribution < 1.29 is 14.3 Å². The van der Waals surface area contributed by atoms with E-state index in [9.17, 15) is 4.79 Å². The Balaban J connectivity index is 2.06. The van der Waals surface area contributed by atoms with Crippen molar-refractivity contribution in [1.29, 1.82) is 0 Å². The second-order valence-corrected chi connectivity index (χ2v) is 2.75. The molecule has 64 valence electrons. The third-order valence-corrected chi connectivity index (χ3v) is 1.92. The molecule has 11 heavy (non-hydrogen) atoms. The molecule has 0 radical (unpaired) electrons. The fraction of sp³-hybridized carbons (Fsp3) is 0.875. The highest BCUT2D eigenvalue weighted by molar-refractivity contribution is 5.69. The maximum Gasteiger partial charge on any atom is 0.305 e. The van der Waals surface area contributed by atoms with Crippen LogP contribution in [0.3, 0.4) is 0 Å². The Morgan fingerprint density at radius 2 is 2.55 bits per heavy atom. The Morgan fingerprint density at radius 3 is 3.09 bits per heavy atom. The predicted molar refractivity (Wildman–Crippen MR) is 40.2 cm³/mol. The van der Waals surface area contributed by atoms with Crippen LogP contribution in [0.25, 0.3) is 0 Å². The van der Waals surface area contributed by atoms with Gasteiger partial charge < -0.3 is 9.47 Å². The van der Waals surface area contributed by atoms with Gasteiger partial charge in [-0.15, -0.1) is 0 Å². The average Bonchev–Trinajstić information content (AvgIpc) is 2.52. The van der Waals surface area contributed by atoms with E-state index in [0.29, 0.717) is 12.5 Å². The van der Waals surface area contributed by atoms with Crippen LogP contribution >= 0.6 is 0 Å².